The summed E-state index contributed by atoms with van der Waals surface area (Å²) < 4.78 is 0. The van der Waals surface area contributed by atoms with Crippen molar-refractivity contribution in [3.8, 4) is 0 Å². The largest absolute Gasteiger partial charge is 0.396 e. The zero-order chi connectivity index (χ0) is 20.8. The Morgan fingerprint density at radius 2 is 1.80 bits per heavy atom. The van der Waals surface area contributed by atoms with Gasteiger partial charge in [-0.25, -0.2) is 0 Å². The van der Waals surface area contributed by atoms with Crippen LogP contribution in [0, 0.1) is 11.8 Å². The molecule has 30 heavy (non-hydrogen) atoms. The molecule has 1 aromatic carbocycles. The molecule has 2 N–H and O–H groups in total. The molecule has 1 amide bonds. The number of anilines is 1. The van der Waals surface area contributed by atoms with E-state index in [2.05, 4.69) is 39.4 Å². The number of piperidine rings is 1. The number of hydrogen-bond donors (Lipinski definition) is 2. The van der Waals surface area contributed by atoms with E-state index in [0.29, 0.717) is 12.5 Å². The Balaban J connectivity index is 1.50. The van der Waals surface area contributed by atoms with Crippen molar-refractivity contribution >= 4 is 11.6 Å². The van der Waals surface area contributed by atoms with Crippen LogP contribution in [0.5, 0.6) is 0 Å². The van der Waals surface area contributed by atoms with Crippen molar-refractivity contribution in [2.24, 2.45) is 11.8 Å². The number of nitrogens with zero attached hydrogens (tertiary/aromatic N) is 2. The monoisotopic (exact) mass is 413 g/mol. The van der Waals surface area contributed by atoms with E-state index in [4.69, 9.17) is 0 Å². The van der Waals surface area contributed by atoms with Gasteiger partial charge in [0.05, 0.1) is 6.54 Å². The summed E-state index contributed by atoms with van der Waals surface area (Å²) in [5.41, 5.74) is 0.809. The Morgan fingerprint density at radius 3 is 2.53 bits per heavy atom. The van der Waals surface area contributed by atoms with E-state index >= 15 is 0 Å². The molecule has 0 aromatic heterocycles. The molecule has 2 heterocycles. The van der Waals surface area contributed by atoms with Gasteiger partial charge in [-0.1, -0.05) is 50.3 Å². The summed E-state index contributed by atoms with van der Waals surface area (Å²) in [5.74, 6) is 1.28. The maximum atomic E-state index is 12.6. The summed E-state index contributed by atoms with van der Waals surface area (Å²) in [6, 6.07) is 10.4. The summed E-state index contributed by atoms with van der Waals surface area (Å²) in [6.45, 7) is 3.90. The van der Waals surface area contributed by atoms with Crippen molar-refractivity contribution in [1.29, 1.82) is 0 Å². The molecular formula is C25H39N3O2. The predicted molar refractivity (Wildman–Crippen MR) is 121 cm³/mol. The second-order valence-corrected chi connectivity index (χ2v) is 9.68. The molecule has 2 atom stereocenters. The van der Waals surface area contributed by atoms with Gasteiger partial charge in [-0.3, -0.25) is 4.79 Å². The quantitative estimate of drug-likeness (QED) is 0.745. The minimum atomic E-state index is -0.314. The van der Waals surface area contributed by atoms with Gasteiger partial charge in [-0.2, -0.15) is 0 Å². The lowest BCUT2D eigenvalue weighted by atomic mass is 9.80. The molecule has 166 valence electrons. The van der Waals surface area contributed by atoms with Crippen LogP contribution in [0.4, 0.5) is 5.69 Å². The maximum Gasteiger partial charge on any atom is 0.241 e. The fraction of sp³-hybridized carbons (Fsp3) is 0.720. The minimum absolute atomic E-state index is 0.126. The first-order chi connectivity index (χ1) is 14.7. The van der Waals surface area contributed by atoms with Gasteiger partial charge in [0.2, 0.25) is 5.91 Å². The Kier molecular flexibility index (Phi) is 7.32. The summed E-state index contributed by atoms with van der Waals surface area (Å²) in [5, 5.41) is 12.9. The van der Waals surface area contributed by atoms with Gasteiger partial charge >= 0.3 is 0 Å². The van der Waals surface area contributed by atoms with Crippen molar-refractivity contribution < 1.29 is 9.90 Å². The highest BCUT2D eigenvalue weighted by Gasteiger charge is 2.52. The highest BCUT2D eigenvalue weighted by molar-refractivity contribution is 5.87. The van der Waals surface area contributed by atoms with E-state index in [9.17, 15) is 9.90 Å². The number of nitrogens with one attached hydrogen (secondary N) is 1. The van der Waals surface area contributed by atoms with Crippen LogP contribution >= 0.6 is 0 Å². The SMILES string of the molecule is O=C1CN(c2ccccc2)C2(CCN(CC3CCCCCCC3)CC2CCCO)N1. The number of aliphatic hydroxyl groups is 1. The van der Waals surface area contributed by atoms with Crippen molar-refractivity contribution in [2.75, 3.05) is 37.7 Å². The van der Waals surface area contributed by atoms with Crippen molar-refractivity contribution in [2.45, 2.75) is 69.9 Å². The lowest BCUT2D eigenvalue weighted by Gasteiger charge is -2.51. The van der Waals surface area contributed by atoms with Crippen LogP contribution in [0.25, 0.3) is 0 Å². The van der Waals surface area contributed by atoms with Gasteiger partial charge in [0.15, 0.2) is 0 Å². The Morgan fingerprint density at radius 1 is 1.07 bits per heavy atom. The number of rotatable bonds is 6. The molecule has 1 spiro atoms. The lowest BCUT2D eigenvalue weighted by molar-refractivity contribution is -0.119. The molecule has 5 nitrogen and oxygen atoms in total. The van der Waals surface area contributed by atoms with Crippen LogP contribution < -0.4 is 10.2 Å². The van der Waals surface area contributed by atoms with Gasteiger partial charge in [0.25, 0.3) is 0 Å². The van der Waals surface area contributed by atoms with E-state index in [1.165, 1.54) is 51.5 Å². The lowest BCUT2D eigenvalue weighted by Crippen LogP contribution is -2.64. The third-order valence-electron chi connectivity index (χ3n) is 7.62. The van der Waals surface area contributed by atoms with Crippen molar-refractivity contribution in [3.63, 3.8) is 0 Å². The normalized spacial score (nSPS) is 29.0. The third-order valence-corrected chi connectivity index (χ3v) is 7.62. The molecule has 0 bridgehead atoms. The fourth-order valence-electron chi connectivity index (χ4n) is 6.09. The zero-order valence-electron chi connectivity index (χ0n) is 18.4. The van der Waals surface area contributed by atoms with E-state index < -0.39 is 0 Å². The van der Waals surface area contributed by atoms with Gasteiger partial charge in [-0.15, -0.1) is 0 Å². The molecule has 5 heteroatoms. The van der Waals surface area contributed by atoms with E-state index in [1.807, 2.05) is 6.07 Å². The highest BCUT2D eigenvalue weighted by atomic mass is 16.3. The molecule has 4 rings (SSSR count). The Bertz CT molecular complexity index is 674. The first-order valence-electron chi connectivity index (χ1n) is 12.2. The molecule has 0 radical (unpaired) electrons. The van der Waals surface area contributed by atoms with Crippen LogP contribution in [0.15, 0.2) is 30.3 Å². The molecular weight excluding hydrogens is 374 g/mol. The molecule has 3 fully saturated rings. The number of carbonyl (C=O) groups excluding carboxylic acids is 1. The third kappa shape index (κ3) is 4.83. The van der Waals surface area contributed by atoms with Gasteiger partial charge in [-0.05, 0) is 43.7 Å². The summed E-state index contributed by atoms with van der Waals surface area (Å²) in [6.07, 6.45) is 12.4. The zero-order valence-corrected chi connectivity index (χ0v) is 18.4. The number of carbonyl (C=O) groups is 1. The smallest absolute Gasteiger partial charge is 0.241 e. The second kappa shape index (κ2) is 10.1. The van der Waals surface area contributed by atoms with Gasteiger partial charge < -0.3 is 20.2 Å². The summed E-state index contributed by atoms with van der Waals surface area (Å²) in [4.78, 5) is 17.5. The molecule has 1 saturated carbocycles. The van der Waals surface area contributed by atoms with Crippen LogP contribution in [0.2, 0.25) is 0 Å². The topological polar surface area (TPSA) is 55.8 Å². The molecule has 2 aliphatic heterocycles. The number of aliphatic hydroxyl groups excluding tert-OH is 1. The molecule has 2 unspecified atom stereocenters. The van der Waals surface area contributed by atoms with Gasteiger partial charge in [0, 0.05) is 44.3 Å². The second-order valence-electron chi connectivity index (χ2n) is 9.68. The van der Waals surface area contributed by atoms with E-state index in [-0.39, 0.29) is 18.2 Å². The minimum Gasteiger partial charge on any atom is -0.396 e. The number of amides is 1. The van der Waals surface area contributed by atoms with Crippen LogP contribution in [0.1, 0.15) is 64.2 Å². The first kappa shape index (κ1) is 21.6. The van der Waals surface area contributed by atoms with Crippen molar-refractivity contribution in [3.05, 3.63) is 30.3 Å². The number of benzene rings is 1. The van der Waals surface area contributed by atoms with Gasteiger partial charge in [0.1, 0.15) is 5.66 Å². The highest BCUT2D eigenvalue weighted by Crippen LogP contribution is 2.40. The van der Waals surface area contributed by atoms with Crippen molar-refractivity contribution in [1.82, 2.24) is 10.2 Å². The molecule has 1 aromatic rings. The summed E-state index contributed by atoms with van der Waals surface area (Å²) >= 11 is 0. The average molecular weight is 414 g/mol. The first-order valence-corrected chi connectivity index (χ1v) is 12.2. The molecule has 2 saturated heterocycles. The predicted octanol–water partition coefficient (Wildman–Crippen LogP) is 3.77. The van der Waals surface area contributed by atoms with E-state index in [0.717, 1.165) is 44.0 Å². The summed E-state index contributed by atoms with van der Waals surface area (Å²) in [7, 11) is 0. The Hall–Kier alpha value is -1.59. The fourth-order valence-corrected chi connectivity index (χ4v) is 6.09. The maximum absolute atomic E-state index is 12.6. The number of hydrogen-bond acceptors (Lipinski definition) is 4. The molecule has 1 aliphatic carbocycles. The average Bonchev–Trinajstić information content (AvgIpc) is 3.07. The van der Waals surface area contributed by atoms with Crippen LogP contribution in [0.3, 0.4) is 0 Å². The number of para-hydroxylation sites is 1. The number of likely N-dealkylation sites (tertiary alicyclic amines) is 1. The van der Waals surface area contributed by atoms with E-state index in [1.54, 1.807) is 0 Å². The Labute approximate surface area is 181 Å². The standard InChI is InChI=1S/C25H39N3O2/c29-17-9-12-22-19-27(18-21-10-5-2-1-3-6-11-21)16-15-25(22)26-24(30)20-28(25)23-13-7-4-8-14-23/h4,7-8,13-14,21-22,29H,1-3,5-6,9-12,15-20H2,(H,26,30). The van der Waals surface area contributed by atoms with Crippen LogP contribution in [-0.4, -0.2) is 54.4 Å². The van der Waals surface area contributed by atoms with Crippen LogP contribution in [-0.2, 0) is 4.79 Å². The molecule has 3 aliphatic rings.